The minimum absolute atomic E-state index is 0.0399. The fourth-order valence-electron chi connectivity index (χ4n) is 2.50. The Bertz CT molecular complexity index is 789. The van der Waals surface area contributed by atoms with Crippen LogP contribution >= 0.6 is 7.75 Å². The lowest BCUT2D eigenvalue weighted by Crippen LogP contribution is -2.27. The average molecular weight is 367 g/mol. The summed E-state index contributed by atoms with van der Waals surface area (Å²) in [6, 6.07) is 6.51. The van der Waals surface area contributed by atoms with Crippen LogP contribution in [0.4, 0.5) is 0 Å². The highest BCUT2D eigenvalue weighted by Crippen LogP contribution is 2.38. The molecule has 0 aromatic heterocycles. The molecule has 5 N–H and O–H groups in total. The van der Waals surface area contributed by atoms with Gasteiger partial charge in [-0.05, 0) is 30.5 Å². The number of hydrogen-bond donors (Lipinski definition) is 5. The highest BCUT2D eigenvalue weighted by molar-refractivity contribution is 7.50. The van der Waals surface area contributed by atoms with Crippen molar-refractivity contribution in [2.75, 3.05) is 0 Å². The van der Waals surface area contributed by atoms with Gasteiger partial charge in [0, 0.05) is 18.6 Å². The molecule has 0 bridgehead atoms. The van der Waals surface area contributed by atoms with Gasteiger partial charge in [-0.15, -0.1) is 0 Å². The quantitative estimate of drug-likeness (QED) is 0.485. The zero-order valence-electron chi connectivity index (χ0n) is 13.1. The van der Waals surface area contributed by atoms with E-state index in [1.54, 1.807) is 12.1 Å². The number of Topliss-reactive ketones (excluding diaryl/α,β-unsaturated/α-hetero) is 1. The number of benzene rings is 1. The predicted octanol–water partition coefficient (Wildman–Crippen LogP) is 2.33. The van der Waals surface area contributed by atoms with E-state index in [-0.39, 0.29) is 17.9 Å². The first kappa shape index (κ1) is 18.9. The van der Waals surface area contributed by atoms with E-state index in [2.05, 4.69) is 4.76 Å². The van der Waals surface area contributed by atoms with Crippen LogP contribution in [0, 0.1) is 5.92 Å². The van der Waals surface area contributed by atoms with Crippen LogP contribution in [0.3, 0.4) is 0 Å². The fourth-order valence-corrected chi connectivity index (χ4v) is 2.98. The normalized spacial score (nSPS) is 19.4. The molecule has 1 aromatic rings. The molecule has 1 aromatic carbocycles. The summed E-state index contributed by atoms with van der Waals surface area (Å²) in [5.74, 6) is -2.60. The van der Waals surface area contributed by atoms with Crippen molar-refractivity contribution >= 4 is 19.2 Å². The molecule has 25 heavy (non-hydrogen) atoms. The van der Waals surface area contributed by atoms with E-state index in [4.69, 9.17) is 9.79 Å². The zero-order chi connectivity index (χ0) is 18.6. The van der Waals surface area contributed by atoms with Crippen molar-refractivity contribution in [3.05, 3.63) is 53.5 Å². The van der Waals surface area contributed by atoms with Crippen LogP contribution in [-0.4, -0.2) is 36.6 Å². The number of aryl methyl sites for hydroxylation is 1. The second-order valence-corrected chi connectivity index (χ2v) is 6.82. The van der Waals surface area contributed by atoms with E-state index >= 15 is 0 Å². The molecule has 0 amide bonds. The first-order chi connectivity index (χ1) is 11.7. The van der Waals surface area contributed by atoms with Crippen molar-refractivity contribution < 1.29 is 34.5 Å². The Hall–Kier alpha value is -2.41. The van der Waals surface area contributed by atoms with Crippen LogP contribution in [0.1, 0.15) is 18.4 Å². The van der Waals surface area contributed by atoms with Gasteiger partial charge in [0.2, 0.25) is 0 Å². The summed E-state index contributed by atoms with van der Waals surface area (Å²) in [5.41, 5.74) is 0.538. The Morgan fingerprint density at radius 1 is 1.08 bits per heavy atom. The van der Waals surface area contributed by atoms with Gasteiger partial charge in [0.1, 0.15) is 29.0 Å². The zero-order valence-corrected chi connectivity index (χ0v) is 14.0. The molecule has 1 aliphatic rings. The Balaban J connectivity index is 2.07. The van der Waals surface area contributed by atoms with Gasteiger partial charge in [0.15, 0.2) is 0 Å². The highest BCUT2D eigenvalue weighted by Gasteiger charge is 2.32. The minimum atomic E-state index is -4.82. The monoisotopic (exact) mass is 367 g/mol. The van der Waals surface area contributed by atoms with Crippen molar-refractivity contribution in [2.45, 2.75) is 19.3 Å². The van der Waals surface area contributed by atoms with Gasteiger partial charge in [-0.25, -0.2) is 4.57 Å². The molecule has 8 nitrogen and oxygen atoms in total. The maximum absolute atomic E-state index is 12.4. The Kier molecular flexibility index (Phi) is 5.79. The van der Waals surface area contributed by atoms with E-state index < -0.39 is 31.0 Å². The molecule has 2 rings (SSSR count). The van der Waals surface area contributed by atoms with Crippen molar-refractivity contribution in [1.29, 1.82) is 0 Å². The number of aromatic hydroxyl groups is 1. The molecular weight excluding hydrogens is 349 g/mol. The lowest BCUT2D eigenvalue weighted by atomic mass is 9.89. The fraction of sp³-hybridized carbons (Fsp3) is 0.250. The number of allylic oxidation sites excluding steroid dienone is 3. The minimum Gasteiger partial charge on any atom is -0.511 e. The number of nitrogens with zero attached hydrogens (tertiary/aromatic N) is 1. The summed E-state index contributed by atoms with van der Waals surface area (Å²) in [6.07, 6.45) is 2.92. The molecule has 134 valence electrons. The van der Waals surface area contributed by atoms with Gasteiger partial charge in [-0.3, -0.25) is 4.79 Å². The lowest BCUT2D eigenvalue weighted by Gasteiger charge is -2.19. The van der Waals surface area contributed by atoms with E-state index in [0.29, 0.717) is 12.8 Å². The van der Waals surface area contributed by atoms with Crippen LogP contribution in [0.15, 0.2) is 52.7 Å². The van der Waals surface area contributed by atoms with E-state index in [1.807, 2.05) is 0 Å². The summed E-state index contributed by atoms with van der Waals surface area (Å²) in [7, 11) is -4.82. The molecular formula is C16H18NO7P. The summed E-state index contributed by atoms with van der Waals surface area (Å²) in [6.45, 7) is 0. The van der Waals surface area contributed by atoms with Crippen molar-refractivity contribution in [2.24, 2.45) is 10.7 Å². The third-order valence-corrected chi connectivity index (χ3v) is 4.07. The molecule has 9 heteroatoms. The average Bonchev–Trinajstić information content (AvgIpc) is 2.46. The van der Waals surface area contributed by atoms with Crippen LogP contribution in [0.25, 0.3) is 0 Å². The van der Waals surface area contributed by atoms with E-state index in [1.165, 1.54) is 12.1 Å². The molecule has 1 atom stereocenters. The van der Waals surface area contributed by atoms with Crippen LogP contribution in [-0.2, 0) is 15.8 Å². The molecule has 0 heterocycles. The molecule has 0 saturated carbocycles. The standard InChI is InChI=1S/C16H18NO7P/c18-11-6-4-10(5-7-11)2-1-3-14(20)16-13(17-25(22,23)24)8-12(19)9-15(16)21/h4-9,16,18-19,21H,1-3H2,(H2,22,23,24). The number of aliphatic hydroxyl groups excluding tert-OH is 2. The summed E-state index contributed by atoms with van der Waals surface area (Å²) in [5, 5.41) is 28.6. The summed E-state index contributed by atoms with van der Waals surface area (Å²) >= 11 is 0. The SMILES string of the molecule is O=C(CCCc1ccc(O)cc1)C1C(O)=CC(O)=CC1=NP(=O)(O)O. The molecule has 0 radical (unpaired) electrons. The molecule has 0 aliphatic heterocycles. The van der Waals surface area contributed by atoms with Gasteiger partial charge >= 0.3 is 7.75 Å². The number of phenolic OH excluding ortho intramolecular Hbond substituents is 1. The Labute approximate surface area is 143 Å². The third-order valence-electron chi connectivity index (χ3n) is 3.58. The number of carbonyl (C=O) groups is 1. The molecule has 0 spiro atoms. The van der Waals surface area contributed by atoms with Crippen LogP contribution in [0.2, 0.25) is 0 Å². The second kappa shape index (κ2) is 7.65. The topological polar surface area (TPSA) is 148 Å². The summed E-state index contributed by atoms with van der Waals surface area (Å²) in [4.78, 5) is 30.3. The molecule has 1 aliphatic carbocycles. The van der Waals surface area contributed by atoms with E-state index in [0.717, 1.165) is 17.7 Å². The van der Waals surface area contributed by atoms with Gasteiger partial charge in [0.25, 0.3) is 0 Å². The third kappa shape index (κ3) is 5.56. The lowest BCUT2D eigenvalue weighted by molar-refractivity contribution is -0.120. The first-order valence-electron chi connectivity index (χ1n) is 7.43. The predicted molar refractivity (Wildman–Crippen MR) is 90.4 cm³/mol. The number of rotatable bonds is 6. The Morgan fingerprint density at radius 3 is 2.32 bits per heavy atom. The second-order valence-electron chi connectivity index (χ2n) is 5.60. The number of carbonyl (C=O) groups excluding carboxylic acids is 1. The van der Waals surface area contributed by atoms with Gasteiger partial charge in [0.05, 0.1) is 5.71 Å². The highest BCUT2D eigenvalue weighted by atomic mass is 31.2. The molecule has 0 fully saturated rings. The first-order valence-corrected chi connectivity index (χ1v) is 9.00. The van der Waals surface area contributed by atoms with Crippen molar-refractivity contribution in [3.8, 4) is 5.75 Å². The van der Waals surface area contributed by atoms with Gasteiger partial charge < -0.3 is 25.1 Å². The maximum Gasteiger partial charge on any atom is 0.448 e. The van der Waals surface area contributed by atoms with Crippen molar-refractivity contribution in [1.82, 2.24) is 0 Å². The smallest absolute Gasteiger partial charge is 0.448 e. The Morgan fingerprint density at radius 2 is 1.72 bits per heavy atom. The van der Waals surface area contributed by atoms with Gasteiger partial charge in [-0.1, -0.05) is 12.1 Å². The maximum atomic E-state index is 12.4. The number of phenols is 1. The number of ketones is 1. The van der Waals surface area contributed by atoms with E-state index in [9.17, 15) is 24.7 Å². The van der Waals surface area contributed by atoms with Gasteiger partial charge in [-0.2, -0.15) is 4.76 Å². The number of aliphatic hydroxyl groups is 2. The molecule has 1 unspecified atom stereocenters. The van der Waals surface area contributed by atoms with Crippen LogP contribution < -0.4 is 0 Å². The number of hydrogen-bond acceptors (Lipinski definition) is 5. The van der Waals surface area contributed by atoms with Crippen molar-refractivity contribution in [3.63, 3.8) is 0 Å². The largest absolute Gasteiger partial charge is 0.511 e. The molecule has 0 saturated heterocycles. The van der Waals surface area contributed by atoms with Crippen LogP contribution in [0.5, 0.6) is 5.75 Å². The summed E-state index contributed by atoms with van der Waals surface area (Å²) < 4.78 is 14.2.